The van der Waals surface area contributed by atoms with E-state index in [0.29, 0.717) is 11.1 Å². The first-order valence-electron chi connectivity index (χ1n) is 10.6. The lowest BCUT2D eigenvalue weighted by Gasteiger charge is -2.34. The fourth-order valence-corrected chi connectivity index (χ4v) is 4.09. The molecule has 2 aromatic rings. The molecule has 1 atom stereocenters. The van der Waals surface area contributed by atoms with Crippen molar-refractivity contribution >= 4 is 29.6 Å². The van der Waals surface area contributed by atoms with E-state index in [2.05, 4.69) is 0 Å². The Balaban J connectivity index is 1.55. The number of carbonyl (C=O) groups excluding carboxylic acids is 5. The summed E-state index contributed by atoms with van der Waals surface area (Å²) in [4.78, 5) is 65.9. The summed E-state index contributed by atoms with van der Waals surface area (Å²) in [6.07, 6.45) is 3.10. The molecule has 0 N–H and O–H groups in total. The fraction of sp³-hybridized carbons (Fsp3) is 0.240. The van der Waals surface area contributed by atoms with Crippen molar-refractivity contribution in [3.05, 3.63) is 82.9 Å². The second-order valence-electron chi connectivity index (χ2n) is 7.93. The number of hydrogen-bond acceptors (Lipinski definition) is 6. The number of ether oxygens (including phenoxy) is 1. The van der Waals surface area contributed by atoms with Gasteiger partial charge in [-0.1, -0.05) is 36.4 Å². The summed E-state index contributed by atoms with van der Waals surface area (Å²) < 4.78 is 5.18. The van der Waals surface area contributed by atoms with Crippen LogP contribution in [0.2, 0.25) is 0 Å². The number of imide groups is 2. The monoisotopic (exact) mass is 446 g/mol. The van der Waals surface area contributed by atoms with E-state index < -0.39 is 35.1 Å². The maximum atomic E-state index is 13.0. The lowest BCUT2D eigenvalue weighted by molar-refractivity contribution is -0.153. The van der Waals surface area contributed by atoms with Crippen LogP contribution in [0.5, 0.6) is 0 Å². The molecule has 0 aliphatic carbocycles. The Kier molecular flexibility index (Phi) is 5.68. The predicted octanol–water partition coefficient (Wildman–Crippen LogP) is 2.85. The van der Waals surface area contributed by atoms with Crippen molar-refractivity contribution in [3.8, 4) is 0 Å². The van der Waals surface area contributed by atoms with Gasteiger partial charge in [0, 0.05) is 6.54 Å². The third-order valence-corrected chi connectivity index (χ3v) is 5.85. The third kappa shape index (κ3) is 3.53. The molecule has 4 rings (SSSR count). The maximum Gasteiger partial charge on any atom is 0.332 e. The van der Waals surface area contributed by atoms with Crippen LogP contribution in [0.1, 0.15) is 61.7 Å². The summed E-state index contributed by atoms with van der Waals surface area (Å²) >= 11 is 0. The molecule has 2 aromatic carbocycles. The maximum absolute atomic E-state index is 13.0. The Bertz CT molecular complexity index is 1150. The molecule has 0 radical (unpaired) electrons. The topological polar surface area (TPSA) is 101 Å². The van der Waals surface area contributed by atoms with Crippen molar-refractivity contribution in [1.29, 1.82) is 0 Å². The van der Waals surface area contributed by atoms with Gasteiger partial charge < -0.3 is 4.74 Å². The van der Waals surface area contributed by atoms with Gasteiger partial charge in [-0.2, -0.15) is 0 Å². The smallest absolute Gasteiger partial charge is 0.332 e. The molecule has 0 bridgehead atoms. The SMILES string of the molecule is CCOC(=O)C(C)(CC=CCN1C(=O)c2ccccc2C1=O)N1C(=O)c2ccccc2C1=O. The highest BCUT2D eigenvalue weighted by atomic mass is 16.5. The largest absolute Gasteiger partial charge is 0.464 e. The lowest BCUT2D eigenvalue weighted by atomic mass is 9.94. The average Bonchev–Trinajstić information content (AvgIpc) is 3.22. The molecule has 0 fully saturated rings. The van der Waals surface area contributed by atoms with Crippen LogP contribution in [-0.2, 0) is 9.53 Å². The van der Waals surface area contributed by atoms with Crippen LogP contribution in [0.15, 0.2) is 60.7 Å². The van der Waals surface area contributed by atoms with Gasteiger partial charge in [-0.25, -0.2) is 4.79 Å². The van der Waals surface area contributed by atoms with Gasteiger partial charge >= 0.3 is 5.97 Å². The number of amides is 4. The summed E-state index contributed by atoms with van der Waals surface area (Å²) in [5.74, 6) is -2.65. The van der Waals surface area contributed by atoms with E-state index in [1.54, 1.807) is 67.6 Å². The number of carbonyl (C=O) groups is 5. The molecule has 168 valence electrons. The molecule has 0 saturated carbocycles. The predicted molar refractivity (Wildman–Crippen MR) is 118 cm³/mol. The zero-order chi connectivity index (χ0) is 23.8. The van der Waals surface area contributed by atoms with Gasteiger partial charge in [0.05, 0.1) is 28.9 Å². The normalized spacial score (nSPS) is 16.9. The van der Waals surface area contributed by atoms with Crippen LogP contribution in [0, 0.1) is 0 Å². The Labute approximate surface area is 190 Å². The van der Waals surface area contributed by atoms with Gasteiger partial charge in [0.1, 0.15) is 5.54 Å². The van der Waals surface area contributed by atoms with E-state index in [9.17, 15) is 24.0 Å². The minimum atomic E-state index is -1.60. The number of esters is 1. The van der Waals surface area contributed by atoms with Crippen molar-refractivity contribution in [3.63, 3.8) is 0 Å². The van der Waals surface area contributed by atoms with Gasteiger partial charge in [-0.05, 0) is 44.5 Å². The molecule has 0 spiro atoms. The molecule has 2 aliphatic heterocycles. The van der Waals surface area contributed by atoms with Crippen molar-refractivity contribution < 1.29 is 28.7 Å². The van der Waals surface area contributed by atoms with Crippen molar-refractivity contribution in [1.82, 2.24) is 9.80 Å². The van der Waals surface area contributed by atoms with Gasteiger partial charge in [0.25, 0.3) is 23.6 Å². The first kappa shape index (κ1) is 22.1. The van der Waals surface area contributed by atoms with E-state index in [-0.39, 0.29) is 30.7 Å². The van der Waals surface area contributed by atoms with E-state index in [4.69, 9.17) is 4.74 Å². The molecular formula is C25H22N2O6. The Morgan fingerprint density at radius 1 is 0.818 bits per heavy atom. The highest BCUT2D eigenvalue weighted by molar-refractivity contribution is 6.23. The van der Waals surface area contributed by atoms with Crippen LogP contribution in [0.3, 0.4) is 0 Å². The van der Waals surface area contributed by atoms with Crippen molar-refractivity contribution in [2.75, 3.05) is 13.2 Å². The minimum absolute atomic E-state index is 0.00658. The highest BCUT2D eigenvalue weighted by Crippen LogP contribution is 2.33. The number of rotatable bonds is 7. The summed E-state index contributed by atoms with van der Waals surface area (Å²) in [7, 11) is 0. The summed E-state index contributed by atoms with van der Waals surface area (Å²) in [5, 5.41) is 0. The van der Waals surface area contributed by atoms with Gasteiger partial charge in [0.15, 0.2) is 0 Å². The molecule has 0 aromatic heterocycles. The Hall–Kier alpha value is -4.07. The molecule has 33 heavy (non-hydrogen) atoms. The minimum Gasteiger partial charge on any atom is -0.464 e. The number of fused-ring (bicyclic) bond motifs is 2. The highest BCUT2D eigenvalue weighted by Gasteiger charge is 2.51. The van der Waals surface area contributed by atoms with Crippen molar-refractivity contribution in [2.45, 2.75) is 25.8 Å². The molecule has 8 nitrogen and oxygen atoms in total. The molecular weight excluding hydrogens is 424 g/mol. The second-order valence-corrected chi connectivity index (χ2v) is 7.93. The Morgan fingerprint density at radius 3 is 1.73 bits per heavy atom. The van der Waals surface area contributed by atoms with Crippen LogP contribution in [0.4, 0.5) is 0 Å². The lowest BCUT2D eigenvalue weighted by Crippen LogP contribution is -2.55. The molecule has 0 saturated heterocycles. The number of benzene rings is 2. The summed E-state index contributed by atoms with van der Waals surface area (Å²) in [5.41, 5.74) is -0.445. The Morgan fingerprint density at radius 2 is 1.27 bits per heavy atom. The van der Waals surface area contributed by atoms with Gasteiger partial charge in [-0.15, -0.1) is 0 Å². The van der Waals surface area contributed by atoms with Crippen LogP contribution >= 0.6 is 0 Å². The molecule has 2 aliphatic rings. The first-order chi connectivity index (χ1) is 15.8. The molecule has 8 heteroatoms. The van der Waals surface area contributed by atoms with Gasteiger partial charge in [-0.3, -0.25) is 29.0 Å². The second kappa shape index (κ2) is 8.46. The van der Waals surface area contributed by atoms with E-state index in [0.717, 1.165) is 9.80 Å². The fourth-order valence-electron chi connectivity index (χ4n) is 4.09. The number of hydrogen-bond donors (Lipinski definition) is 0. The average molecular weight is 446 g/mol. The quantitative estimate of drug-likeness (QED) is 0.368. The molecule has 1 unspecified atom stereocenters. The zero-order valence-corrected chi connectivity index (χ0v) is 18.2. The number of nitrogens with zero attached hydrogens (tertiary/aromatic N) is 2. The molecule has 4 amide bonds. The van der Waals surface area contributed by atoms with Crippen LogP contribution in [-0.4, -0.2) is 58.1 Å². The van der Waals surface area contributed by atoms with Crippen LogP contribution in [0.25, 0.3) is 0 Å². The van der Waals surface area contributed by atoms with E-state index >= 15 is 0 Å². The molecule has 2 heterocycles. The van der Waals surface area contributed by atoms with Crippen LogP contribution < -0.4 is 0 Å². The summed E-state index contributed by atoms with van der Waals surface area (Å²) in [6.45, 7) is 3.18. The van der Waals surface area contributed by atoms with Crippen molar-refractivity contribution in [2.24, 2.45) is 0 Å². The summed E-state index contributed by atoms with van der Waals surface area (Å²) in [6, 6.07) is 13.0. The van der Waals surface area contributed by atoms with E-state index in [1.807, 2.05) is 0 Å². The third-order valence-electron chi connectivity index (χ3n) is 5.85. The first-order valence-corrected chi connectivity index (χ1v) is 10.6. The zero-order valence-electron chi connectivity index (χ0n) is 18.2. The van der Waals surface area contributed by atoms with E-state index in [1.165, 1.54) is 6.92 Å². The standard InChI is InChI=1S/C25H22N2O6/c1-3-33-24(32)25(2,27-22(30)18-12-6-7-13-19(18)23(27)31)14-8-9-15-26-20(28)16-10-4-5-11-17(16)21(26)29/h4-13H,3,14-15H2,1-2H3. The van der Waals surface area contributed by atoms with Gasteiger partial charge in [0.2, 0.25) is 0 Å².